The number of hydrogen-bond donors (Lipinski definition) is 0. The summed E-state index contributed by atoms with van der Waals surface area (Å²) in [7, 11) is -1.07. The van der Waals surface area contributed by atoms with Crippen molar-refractivity contribution >= 4 is 37.3 Å². The number of nitrogens with zero attached hydrogens (tertiary/aromatic N) is 3. The molecule has 0 bridgehead atoms. The van der Waals surface area contributed by atoms with Crippen molar-refractivity contribution in [2.75, 3.05) is 38.2 Å². The molecule has 6 nitrogen and oxygen atoms in total. The fourth-order valence-corrected chi connectivity index (χ4v) is 6.93. The van der Waals surface area contributed by atoms with Gasteiger partial charge in [-0.3, -0.25) is 9.69 Å². The van der Waals surface area contributed by atoms with Crippen molar-refractivity contribution in [2.24, 2.45) is 0 Å². The molecule has 0 spiro atoms. The lowest BCUT2D eigenvalue weighted by molar-refractivity contribution is -0.133. The summed E-state index contributed by atoms with van der Waals surface area (Å²) in [5, 5.41) is 1.11. The van der Waals surface area contributed by atoms with Gasteiger partial charge < -0.3 is 4.90 Å². The van der Waals surface area contributed by atoms with E-state index in [2.05, 4.69) is 6.07 Å². The molecule has 2 atom stereocenters. The first-order valence-corrected chi connectivity index (χ1v) is 12.1. The summed E-state index contributed by atoms with van der Waals surface area (Å²) in [6.45, 7) is 1.76. The van der Waals surface area contributed by atoms with Gasteiger partial charge in [0, 0.05) is 25.0 Å². The molecule has 146 valence electrons. The van der Waals surface area contributed by atoms with E-state index in [1.807, 2.05) is 35.0 Å². The largest absolute Gasteiger partial charge is 0.341 e. The average Bonchev–Trinajstić information content (AvgIpc) is 3.24. The summed E-state index contributed by atoms with van der Waals surface area (Å²) in [5.41, 5.74) is 1.03. The van der Waals surface area contributed by atoms with Gasteiger partial charge in [0.15, 0.2) is 9.84 Å². The molecule has 1 amide bonds. The topological polar surface area (TPSA) is 70.6 Å². The number of carbonyl (C=O) groups is 1. The number of likely N-dealkylation sites (N-methyl/N-ethyl adjacent to an activating group) is 1. The van der Waals surface area contributed by atoms with E-state index < -0.39 is 9.84 Å². The van der Waals surface area contributed by atoms with Crippen molar-refractivity contribution in [3.63, 3.8) is 0 Å². The highest BCUT2D eigenvalue weighted by molar-refractivity contribution is 7.91. The third kappa shape index (κ3) is 4.17. The lowest BCUT2D eigenvalue weighted by Crippen LogP contribution is -2.46. The summed E-state index contributed by atoms with van der Waals surface area (Å²) in [6.07, 6.45) is 2.66. The van der Waals surface area contributed by atoms with Crippen LogP contribution in [0.4, 0.5) is 0 Å². The van der Waals surface area contributed by atoms with E-state index in [4.69, 9.17) is 4.98 Å². The first-order valence-electron chi connectivity index (χ1n) is 9.45. The molecule has 0 aliphatic carbocycles. The number of likely N-dealkylation sites (tertiary alicyclic amines) is 1. The summed E-state index contributed by atoms with van der Waals surface area (Å²) in [6, 6.07) is 8.11. The van der Waals surface area contributed by atoms with Gasteiger partial charge in [-0.25, -0.2) is 13.4 Å². The van der Waals surface area contributed by atoms with Crippen LogP contribution in [-0.2, 0) is 14.6 Å². The predicted molar refractivity (Wildman–Crippen MR) is 108 cm³/mol. The minimum atomic E-state index is -2.93. The summed E-state index contributed by atoms with van der Waals surface area (Å²) < 4.78 is 24.6. The number of hydrogen-bond acceptors (Lipinski definition) is 6. The third-order valence-corrected chi connectivity index (χ3v) is 8.60. The minimum Gasteiger partial charge on any atom is -0.341 e. The Hall–Kier alpha value is -1.51. The van der Waals surface area contributed by atoms with Crippen molar-refractivity contribution in [2.45, 2.75) is 31.2 Å². The SMILES string of the molecule is CN(CC(=O)N1CCC[C@@H](c2nc3ccccc3s2)C1)[C@H]1CCS(=O)(=O)C1. The van der Waals surface area contributed by atoms with Crippen molar-refractivity contribution in [1.29, 1.82) is 0 Å². The molecule has 0 N–H and O–H groups in total. The van der Waals surface area contributed by atoms with Crippen molar-refractivity contribution in [3.05, 3.63) is 29.3 Å². The molecule has 0 unspecified atom stereocenters. The monoisotopic (exact) mass is 407 g/mol. The van der Waals surface area contributed by atoms with Gasteiger partial charge in [0.25, 0.3) is 0 Å². The van der Waals surface area contributed by atoms with Crippen molar-refractivity contribution in [1.82, 2.24) is 14.8 Å². The maximum Gasteiger partial charge on any atom is 0.236 e. The number of aromatic nitrogens is 1. The molecule has 2 fully saturated rings. The Kier molecular flexibility index (Phi) is 5.22. The smallest absolute Gasteiger partial charge is 0.236 e. The van der Waals surface area contributed by atoms with Crippen molar-refractivity contribution in [3.8, 4) is 0 Å². The molecule has 0 radical (unpaired) electrons. The number of amides is 1. The number of thiazole rings is 1. The number of rotatable bonds is 4. The molecule has 1 aromatic heterocycles. The van der Waals surface area contributed by atoms with Gasteiger partial charge in [0.2, 0.25) is 5.91 Å². The highest BCUT2D eigenvalue weighted by Crippen LogP contribution is 2.33. The second kappa shape index (κ2) is 7.48. The average molecular weight is 408 g/mol. The van der Waals surface area contributed by atoms with Crippen LogP contribution in [0.25, 0.3) is 10.2 Å². The second-order valence-electron chi connectivity index (χ2n) is 7.67. The molecule has 2 aromatic rings. The Morgan fingerprint density at radius 1 is 1.33 bits per heavy atom. The van der Waals surface area contributed by atoms with Crippen LogP contribution in [0, 0.1) is 0 Å². The Balaban J connectivity index is 1.39. The first-order chi connectivity index (χ1) is 12.9. The van der Waals surface area contributed by atoms with Crippen LogP contribution in [0.3, 0.4) is 0 Å². The van der Waals surface area contributed by atoms with Gasteiger partial charge in [0.1, 0.15) is 0 Å². The van der Waals surface area contributed by atoms with Gasteiger partial charge in [0.05, 0.1) is 33.3 Å². The molecule has 2 aliphatic heterocycles. The third-order valence-electron chi connectivity index (χ3n) is 5.65. The Morgan fingerprint density at radius 3 is 2.89 bits per heavy atom. The van der Waals surface area contributed by atoms with E-state index in [0.29, 0.717) is 13.0 Å². The lowest BCUT2D eigenvalue weighted by Gasteiger charge is -2.33. The summed E-state index contributed by atoms with van der Waals surface area (Å²) in [5.74, 6) is 0.787. The molecule has 27 heavy (non-hydrogen) atoms. The van der Waals surface area contributed by atoms with Gasteiger partial charge in [-0.05, 0) is 38.4 Å². The molecule has 3 heterocycles. The quantitative estimate of drug-likeness (QED) is 0.776. The van der Waals surface area contributed by atoms with Gasteiger partial charge >= 0.3 is 0 Å². The maximum absolute atomic E-state index is 12.8. The standard InChI is InChI=1S/C19H25N3O3S2/c1-21(15-8-10-27(24,25)13-15)12-18(23)22-9-4-5-14(11-22)19-20-16-6-2-3-7-17(16)26-19/h2-3,6-7,14-15H,4-5,8-13H2,1H3/t14-,15+/m1/s1. The van der Waals surface area contributed by atoms with Crippen LogP contribution in [0.2, 0.25) is 0 Å². The zero-order valence-corrected chi connectivity index (χ0v) is 17.1. The maximum atomic E-state index is 12.8. The van der Waals surface area contributed by atoms with Crippen LogP contribution in [0.1, 0.15) is 30.2 Å². The molecule has 2 aliphatic rings. The van der Waals surface area contributed by atoms with Crippen LogP contribution < -0.4 is 0 Å². The number of benzene rings is 1. The number of fused-ring (bicyclic) bond motifs is 1. The van der Waals surface area contributed by atoms with E-state index >= 15 is 0 Å². The first kappa shape index (κ1) is 18.8. The molecule has 2 saturated heterocycles. The number of para-hydroxylation sites is 1. The van der Waals surface area contributed by atoms with Gasteiger partial charge in [-0.2, -0.15) is 0 Å². The Morgan fingerprint density at radius 2 is 2.15 bits per heavy atom. The van der Waals surface area contributed by atoms with Crippen LogP contribution in [0.15, 0.2) is 24.3 Å². The number of sulfone groups is 1. The van der Waals surface area contributed by atoms with E-state index in [9.17, 15) is 13.2 Å². The molecule has 8 heteroatoms. The fourth-order valence-electron chi connectivity index (χ4n) is 4.04. The van der Waals surface area contributed by atoms with Crippen LogP contribution in [-0.4, -0.2) is 73.3 Å². The van der Waals surface area contributed by atoms with Crippen molar-refractivity contribution < 1.29 is 13.2 Å². The number of piperidine rings is 1. The highest BCUT2D eigenvalue weighted by Gasteiger charge is 2.33. The van der Waals surface area contributed by atoms with E-state index in [1.54, 1.807) is 11.3 Å². The lowest BCUT2D eigenvalue weighted by atomic mass is 9.98. The summed E-state index contributed by atoms with van der Waals surface area (Å²) >= 11 is 1.73. The molecular weight excluding hydrogens is 382 g/mol. The predicted octanol–water partition coefficient (Wildman–Crippen LogP) is 2.12. The molecule has 1 aromatic carbocycles. The highest BCUT2D eigenvalue weighted by atomic mass is 32.2. The second-order valence-corrected chi connectivity index (χ2v) is 11.0. The van der Waals surface area contributed by atoms with Gasteiger partial charge in [-0.1, -0.05) is 12.1 Å². The van der Waals surface area contributed by atoms with E-state index in [1.165, 1.54) is 4.70 Å². The van der Waals surface area contributed by atoms with Crippen LogP contribution in [0.5, 0.6) is 0 Å². The normalized spacial score (nSPS) is 25.3. The zero-order chi connectivity index (χ0) is 19.0. The molecule has 4 rings (SSSR count). The molecule has 0 saturated carbocycles. The van der Waals surface area contributed by atoms with E-state index in [0.717, 1.165) is 29.9 Å². The summed E-state index contributed by atoms with van der Waals surface area (Å²) in [4.78, 5) is 21.4. The number of carbonyl (C=O) groups excluding carboxylic acids is 1. The van der Waals surface area contributed by atoms with E-state index in [-0.39, 0.29) is 35.9 Å². The van der Waals surface area contributed by atoms with Crippen LogP contribution >= 0.6 is 11.3 Å². The van der Waals surface area contributed by atoms with Gasteiger partial charge in [-0.15, -0.1) is 11.3 Å². The minimum absolute atomic E-state index is 0.0381. The Bertz CT molecular complexity index is 908. The zero-order valence-electron chi connectivity index (χ0n) is 15.5. The molecular formula is C19H25N3O3S2. The Labute approximate surface area is 164 Å². The fraction of sp³-hybridized carbons (Fsp3) is 0.579.